The molecule has 1 N–H and O–H groups in total. The molecule has 0 saturated carbocycles. The van der Waals surface area contributed by atoms with Crippen LogP contribution in [-0.2, 0) is 0 Å². The normalized spacial score (nSPS) is 10.7. The molecule has 2 rings (SSSR count). The molecule has 0 aliphatic rings. The van der Waals surface area contributed by atoms with E-state index in [1.54, 1.807) is 0 Å². The van der Waals surface area contributed by atoms with Crippen molar-refractivity contribution in [1.82, 2.24) is 9.97 Å². The topological polar surface area (TPSA) is 37.8 Å². The van der Waals surface area contributed by atoms with Crippen molar-refractivity contribution >= 4 is 21.7 Å². The lowest BCUT2D eigenvalue weighted by Gasteiger charge is -2.11. The summed E-state index contributed by atoms with van der Waals surface area (Å²) in [6.07, 6.45) is 0. The van der Waals surface area contributed by atoms with Crippen molar-refractivity contribution in [2.24, 2.45) is 0 Å². The van der Waals surface area contributed by atoms with Crippen LogP contribution in [0.15, 0.2) is 34.8 Å². The van der Waals surface area contributed by atoms with E-state index in [1.807, 2.05) is 31.3 Å². The number of hydrogen-bond donors (Lipinski definition) is 1. The van der Waals surface area contributed by atoms with Gasteiger partial charge in [0.15, 0.2) is 0 Å². The Hall–Kier alpha value is -1.42. The zero-order valence-electron chi connectivity index (χ0n) is 10.7. The van der Waals surface area contributed by atoms with Crippen molar-refractivity contribution < 1.29 is 0 Å². The molecule has 94 valence electrons. The molecule has 2 aromatic rings. The molecule has 0 aliphatic carbocycles. The molecule has 1 aromatic heterocycles. The van der Waals surface area contributed by atoms with Gasteiger partial charge in [-0.15, -0.1) is 0 Å². The summed E-state index contributed by atoms with van der Waals surface area (Å²) >= 11 is 3.56. The second kappa shape index (κ2) is 5.48. The summed E-state index contributed by atoms with van der Waals surface area (Å²) in [5.74, 6) is 2.01. The van der Waals surface area contributed by atoms with Crippen molar-refractivity contribution in [3.05, 3.63) is 40.6 Å². The Morgan fingerprint density at radius 1 is 1.17 bits per heavy atom. The van der Waals surface area contributed by atoms with Gasteiger partial charge in [-0.05, 0) is 6.07 Å². The van der Waals surface area contributed by atoms with Gasteiger partial charge in [-0.25, -0.2) is 9.97 Å². The van der Waals surface area contributed by atoms with Crippen LogP contribution in [0.3, 0.4) is 0 Å². The summed E-state index contributed by atoms with van der Waals surface area (Å²) in [5.41, 5.74) is 2.02. The number of benzene rings is 1. The quantitative estimate of drug-likeness (QED) is 0.929. The summed E-state index contributed by atoms with van der Waals surface area (Å²) in [5, 5.41) is 3.09. The van der Waals surface area contributed by atoms with Crippen LogP contribution in [0.1, 0.15) is 25.6 Å². The summed E-state index contributed by atoms with van der Waals surface area (Å²) in [6, 6.07) is 10.0. The van der Waals surface area contributed by atoms with E-state index in [1.165, 1.54) is 0 Å². The molecule has 1 aromatic carbocycles. The average Bonchev–Trinajstić information content (AvgIpc) is 2.38. The Balaban J connectivity index is 2.57. The van der Waals surface area contributed by atoms with Gasteiger partial charge in [-0.2, -0.15) is 0 Å². The highest BCUT2D eigenvalue weighted by molar-refractivity contribution is 9.10. The predicted molar refractivity (Wildman–Crippen MR) is 78.8 cm³/mol. The minimum absolute atomic E-state index is 0.305. The summed E-state index contributed by atoms with van der Waals surface area (Å²) in [7, 11) is 1.87. The molecular weight excluding hydrogens is 290 g/mol. The Morgan fingerprint density at radius 2 is 1.89 bits per heavy atom. The maximum absolute atomic E-state index is 4.63. The second-order valence-electron chi connectivity index (χ2n) is 4.38. The standard InChI is InChI=1S/C14H16BrN3/c1-9(2)14-17-12(8-13(16-3)18-14)10-6-4-5-7-11(10)15/h4-9H,1-3H3,(H,16,17,18). The van der Waals surface area contributed by atoms with E-state index in [0.717, 1.165) is 27.4 Å². The van der Waals surface area contributed by atoms with E-state index in [0.29, 0.717) is 5.92 Å². The van der Waals surface area contributed by atoms with E-state index < -0.39 is 0 Å². The van der Waals surface area contributed by atoms with E-state index in [2.05, 4.69) is 51.1 Å². The molecule has 0 atom stereocenters. The van der Waals surface area contributed by atoms with Gasteiger partial charge in [0, 0.05) is 29.1 Å². The lowest BCUT2D eigenvalue weighted by Crippen LogP contribution is -2.03. The fourth-order valence-electron chi connectivity index (χ4n) is 1.66. The highest BCUT2D eigenvalue weighted by atomic mass is 79.9. The van der Waals surface area contributed by atoms with Crippen molar-refractivity contribution in [1.29, 1.82) is 0 Å². The Bertz CT molecular complexity index is 552. The molecule has 0 unspecified atom stereocenters. The number of halogens is 1. The molecule has 18 heavy (non-hydrogen) atoms. The SMILES string of the molecule is CNc1cc(-c2ccccc2Br)nc(C(C)C)n1. The van der Waals surface area contributed by atoms with Crippen LogP contribution in [0, 0.1) is 0 Å². The number of nitrogens with zero attached hydrogens (tertiary/aromatic N) is 2. The van der Waals surface area contributed by atoms with Crippen LogP contribution in [0.5, 0.6) is 0 Å². The molecule has 3 nitrogen and oxygen atoms in total. The smallest absolute Gasteiger partial charge is 0.133 e. The maximum Gasteiger partial charge on any atom is 0.133 e. The zero-order valence-corrected chi connectivity index (χ0v) is 12.3. The minimum atomic E-state index is 0.305. The van der Waals surface area contributed by atoms with Gasteiger partial charge in [0.2, 0.25) is 0 Å². The molecule has 0 radical (unpaired) electrons. The van der Waals surface area contributed by atoms with Gasteiger partial charge in [0.1, 0.15) is 11.6 Å². The highest BCUT2D eigenvalue weighted by Crippen LogP contribution is 2.28. The minimum Gasteiger partial charge on any atom is -0.373 e. The molecule has 0 amide bonds. The van der Waals surface area contributed by atoms with Crippen LogP contribution in [0.25, 0.3) is 11.3 Å². The first kappa shape index (κ1) is 13.0. The summed E-state index contributed by atoms with van der Waals surface area (Å²) < 4.78 is 1.04. The van der Waals surface area contributed by atoms with Crippen LogP contribution in [0.2, 0.25) is 0 Å². The van der Waals surface area contributed by atoms with E-state index in [4.69, 9.17) is 0 Å². The number of rotatable bonds is 3. The third-order valence-corrected chi connectivity index (χ3v) is 3.36. The van der Waals surface area contributed by atoms with Crippen LogP contribution in [-0.4, -0.2) is 17.0 Å². The van der Waals surface area contributed by atoms with Gasteiger partial charge in [-0.1, -0.05) is 48.0 Å². The fraction of sp³-hybridized carbons (Fsp3) is 0.286. The lowest BCUT2D eigenvalue weighted by atomic mass is 10.1. The van der Waals surface area contributed by atoms with Gasteiger partial charge in [0.25, 0.3) is 0 Å². The Kier molecular flexibility index (Phi) is 3.97. The third kappa shape index (κ3) is 2.70. The maximum atomic E-state index is 4.63. The van der Waals surface area contributed by atoms with Crippen molar-refractivity contribution in [3.63, 3.8) is 0 Å². The number of hydrogen-bond acceptors (Lipinski definition) is 3. The van der Waals surface area contributed by atoms with Crippen molar-refractivity contribution in [2.75, 3.05) is 12.4 Å². The van der Waals surface area contributed by atoms with Crippen LogP contribution >= 0.6 is 15.9 Å². The second-order valence-corrected chi connectivity index (χ2v) is 5.24. The monoisotopic (exact) mass is 305 g/mol. The van der Waals surface area contributed by atoms with E-state index in [9.17, 15) is 0 Å². The Labute approximate surface area is 116 Å². The first-order valence-electron chi connectivity index (χ1n) is 5.93. The van der Waals surface area contributed by atoms with Gasteiger partial charge in [0.05, 0.1) is 5.69 Å². The molecule has 0 bridgehead atoms. The molecule has 0 fully saturated rings. The van der Waals surface area contributed by atoms with Crippen LogP contribution < -0.4 is 5.32 Å². The summed E-state index contributed by atoms with van der Waals surface area (Å²) in [6.45, 7) is 4.19. The molecular formula is C14H16BrN3. The zero-order chi connectivity index (χ0) is 13.1. The van der Waals surface area contributed by atoms with Gasteiger partial charge in [-0.3, -0.25) is 0 Å². The first-order chi connectivity index (χ1) is 8.61. The lowest BCUT2D eigenvalue weighted by molar-refractivity contribution is 0.777. The predicted octanol–water partition coefficient (Wildman–Crippen LogP) is 4.07. The number of aromatic nitrogens is 2. The van der Waals surface area contributed by atoms with Gasteiger partial charge >= 0.3 is 0 Å². The molecule has 0 saturated heterocycles. The highest BCUT2D eigenvalue weighted by Gasteiger charge is 2.10. The largest absolute Gasteiger partial charge is 0.373 e. The van der Waals surface area contributed by atoms with Crippen molar-refractivity contribution in [2.45, 2.75) is 19.8 Å². The average molecular weight is 306 g/mol. The fourth-order valence-corrected chi connectivity index (χ4v) is 2.15. The van der Waals surface area contributed by atoms with Crippen LogP contribution in [0.4, 0.5) is 5.82 Å². The summed E-state index contributed by atoms with van der Waals surface area (Å²) in [4.78, 5) is 9.10. The molecule has 0 spiro atoms. The molecule has 1 heterocycles. The van der Waals surface area contributed by atoms with Crippen molar-refractivity contribution in [3.8, 4) is 11.3 Å². The molecule has 0 aliphatic heterocycles. The number of nitrogens with one attached hydrogen (secondary N) is 1. The first-order valence-corrected chi connectivity index (χ1v) is 6.72. The number of anilines is 1. The van der Waals surface area contributed by atoms with E-state index >= 15 is 0 Å². The van der Waals surface area contributed by atoms with Gasteiger partial charge < -0.3 is 5.32 Å². The Morgan fingerprint density at radius 3 is 2.50 bits per heavy atom. The molecule has 4 heteroatoms. The van der Waals surface area contributed by atoms with E-state index in [-0.39, 0.29) is 0 Å². The third-order valence-electron chi connectivity index (χ3n) is 2.67.